The van der Waals surface area contributed by atoms with E-state index in [9.17, 15) is 9.59 Å². The summed E-state index contributed by atoms with van der Waals surface area (Å²) in [6.07, 6.45) is 6.27. The van der Waals surface area contributed by atoms with Gasteiger partial charge < -0.3 is 26.2 Å². The number of hydrogen-bond donors (Lipinski definition) is 5. The molecule has 1 heterocycles. The van der Waals surface area contributed by atoms with E-state index in [2.05, 4.69) is 20.7 Å². The van der Waals surface area contributed by atoms with Crippen LogP contribution in [-0.4, -0.2) is 59.2 Å². The van der Waals surface area contributed by atoms with Crippen LogP contribution in [0.25, 0.3) is 0 Å². The largest absolute Gasteiger partial charge is 0.491 e. The lowest BCUT2D eigenvalue weighted by Gasteiger charge is -2.21. The quantitative estimate of drug-likeness (QED) is 0.146. The molecule has 0 aliphatic heterocycles. The van der Waals surface area contributed by atoms with Gasteiger partial charge in [0.15, 0.2) is 5.84 Å². The Balaban J connectivity index is 0.000000402. The molecule has 1 fully saturated rings. The van der Waals surface area contributed by atoms with Crippen LogP contribution in [0.4, 0.5) is 0 Å². The molecule has 0 bridgehead atoms. The van der Waals surface area contributed by atoms with Crippen molar-refractivity contribution in [1.29, 1.82) is 0 Å². The highest BCUT2D eigenvalue weighted by Crippen LogP contribution is 2.17. The molecule has 11 nitrogen and oxygen atoms in total. The van der Waals surface area contributed by atoms with Gasteiger partial charge in [-0.1, -0.05) is 31.4 Å². The average molecular weight is 514 g/mol. The summed E-state index contributed by atoms with van der Waals surface area (Å²) in [7, 11) is 1.55. The molecule has 1 aliphatic carbocycles. The predicted molar refractivity (Wildman–Crippen MR) is 143 cm³/mol. The topological polar surface area (TPSA) is 168 Å². The van der Waals surface area contributed by atoms with E-state index in [1.165, 1.54) is 32.1 Å². The first-order chi connectivity index (χ1) is 17.7. The number of nitrogens with one attached hydrogen (secondary N) is 2. The Labute approximate surface area is 218 Å². The third kappa shape index (κ3) is 11.3. The standard InChI is InChI=1S/C18H24N6O3.C8H15NO/c1-12-8-14(17(19)23-24(2)20)10-16(22-12)18(26)21-11-13-4-3-5-15(9-13)27-7-6-25;1-7(10)9-8-5-3-2-4-6-8/h3-5,8-10,25H,6-7,11,20H2,1-2H3,(H2,19,23)(H,21,26);8H,2-6H2,1H3,(H,9,10). The number of benzene rings is 1. The van der Waals surface area contributed by atoms with Crippen LogP contribution in [0.3, 0.4) is 0 Å². The van der Waals surface area contributed by atoms with E-state index >= 15 is 0 Å². The Hall–Kier alpha value is -3.70. The molecule has 0 radical (unpaired) electrons. The van der Waals surface area contributed by atoms with E-state index in [0.29, 0.717) is 29.6 Å². The van der Waals surface area contributed by atoms with Gasteiger partial charge in [0.25, 0.3) is 5.91 Å². The molecule has 0 spiro atoms. The van der Waals surface area contributed by atoms with E-state index in [1.54, 1.807) is 45.2 Å². The normalized spacial score (nSPS) is 13.7. The van der Waals surface area contributed by atoms with Gasteiger partial charge in [-0.2, -0.15) is 0 Å². The lowest BCUT2D eigenvalue weighted by molar-refractivity contribution is -0.119. The van der Waals surface area contributed by atoms with E-state index < -0.39 is 0 Å². The van der Waals surface area contributed by atoms with Crippen molar-refractivity contribution in [2.45, 2.75) is 58.5 Å². The van der Waals surface area contributed by atoms with Gasteiger partial charge in [-0.15, -0.1) is 5.10 Å². The number of aryl methyl sites for hydroxylation is 1. The molecule has 0 unspecified atom stereocenters. The zero-order chi connectivity index (χ0) is 27.2. The Bertz CT molecular complexity index is 1050. The lowest BCUT2D eigenvalue weighted by Crippen LogP contribution is -2.34. The highest BCUT2D eigenvalue weighted by atomic mass is 16.5. The van der Waals surface area contributed by atoms with Crippen molar-refractivity contribution < 1.29 is 19.4 Å². The molecule has 0 atom stereocenters. The van der Waals surface area contributed by atoms with E-state index in [-0.39, 0.29) is 36.6 Å². The number of hydrazone groups is 1. The van der Waals surface area contributed by atoms with Crippen LogP contribution < -0.4 is 26.9 Å². The van der Waals surface area contributed by atoms with Crippen LogP contribution in [0.2, 0.25) is 0 Å². The van der Waals surface area contributed by atoms with Crippen molar-refractivity contribution in [3.8, 4) is 5.75 Å². The number of hydrogen-bond acceptors (Lipinski definition) is 8. The van der Waals surface area contributed by atoms with Gasteiger partial charge >= 0.3 is 0 Å². The minimum Gasteiger partial charge on any atom is -0.491 e. The van der Waals surface area contributed by atoms with E-state index in [1.807, 2.05) is 12.1 Å². The monoisotopic (exact) mass is 513 g/mol. The molecule has 1 aromatic carbocycles. The summed E-state index contributed by atoms with van der Waals surface area (Å²) in [5.74, 6) is 6.06. The number of carbonyl (C=O) groups excluding carboxylic acids is 2. The Morgan fingerprint density at radius 3 is 2.59 bits per heavy atom. The summed E-state index contributed by atoms with van der Waals surface area (Å²) in [6.45, 7) is 3.81. The molecule has 1 saturated carbocycles. The highest BCUT2D eigenvalue weighted by molar-refractivity contribution is 6.00. The zero-order valence-electron chi connectivity index (χ0n) is 21.9. The molecule has 37 heavy (non-hydrogen) atoms. The van der Waals surface area contributed by atoms with Crippen LogP contribution in [0, 0.1) is 6.92 Å². The average Bonchev–Trinajstić information content (AvgIpc) is 2.86. The number of rotatable bonds is 9. The molecule has 1 aromatic heterocycles. The number of nitrogens with two attached hydrogens (primary N) is 2. The number of hydrazine groups is 1. The second-order valence-corrected chi connectivity index (χ2v) is 8.88. The molecule has 11 heteroatoms. The molecule has 2 aromatic rings. The van der Waals surface area contributed by atoms with Gasteiger partial charge in [0.1, 0.15) is 18.1 Å². The van der Waals surface area contributed by atoms with Crippen LogP contribution in [0.5, 0.6) is 5.75 Å². The van der Waals surface area contributed by atoms with E-state index in [4.69, 9.17) is 21.4 Å². The van der Waals surface area contributed by atoms with Crippen molar-refractivity contribution in [1.82, 2.24) is 20.7 Å². The van der Waals surface area contributed by atoms with Gasteiger partial charge in [0.2, 0.25) is 5.91 Å². The number of nitrogens with zero attached hydrogens (tertiary/aromatic N) is 3. The number of ether oxygens (including phenoxy) is 1. The molecule has 2 amide bonds. The Kier molecular flexibility index (Phi) is 12.3. The summed E-state index contributed by atoms with van der Waals surface area (Å²) >= 11 is 0. The molecular formula is C26H39N7O4. The number of amides is 2. The number of aliphatic hydroxyl groups excluding tert-OH is 1. The fourth-order valence-electron chi connectivity index (χ4n) is 3.88. The number of pyridine rings is 1. The molecule has 0 saturated heterocycles. The van der Waals surface area contributed by atoms with Gasteiger partial charge in [-0.05, 0) is 49.6 Å². The molecule has 3 rings (SSSR count). The second-order valence-electron chi connectivity index (χ2n) is 8.88. The first kappa shape index (κ1) is 29.5. The smallest absolute Gasteiger partial charge is 0.270 e. The number of amidine groups is 1. The molecule has 1 aliphatic rings. The third-order valence-electron chi connectivity index (χ3n) is 5.47. The van der Waals surface area contributed by atoms with Crippen molar-refractivity contribution in [3.05, 3.63) is 58.9 Å². The van der Waals surface area contributed by atoms with Crippen LogP contribution in [0.15, 0.2) is 41.5 Å². The summed E-state index contributed by atoms with van der Waals surface area (Å²) < 4.78 is 5.36. The predicted octanol–water partition coefficient (Wildman–Crippen LogP) is 1.57. The summed E-state index contributed by atoms with van der Waals surface area (Å²) in [5.41, 5.74) is 8.18. The van der Waals surface area contributed by atoms with Gasteiger partial charge in [0.05, 0.1) is 6.61 Å². The Morgan fingerprint density at radius 1 is 1.22 bits per heavy atom. The van der Waals surface area contributed by atoms with Gasteiger partial charge in [-0.25, -0.2) is 15.9 Å². The lowest BCUT2D eigenvalue weighted by atomic mass is 9.95. The summed E-state index contributed by atoms with van der Waals surface area (Å²) in [6, 6.07) is 11.0. The van der Waals surface area contributed by atoms with Crippen molar-refractivity contribution in [2.75, 3.05) is 20.3 Å². The maximum Gasteiger partial charge on any atom is 0.270 e. The summed E-state index contributed by atoms with van der Waals surface area (Å²) in [4.78, 5) is 27.3. The SMILES string of the molecule is CC(=O)NC1CCCCC1.Cc1cc(/C(N)=N/N(C)N)cc(C(=O)NCc2cccc(OCCO)c2)n1. The van der Waals surface area contributed by atoms with Gasteiger partial charge in [-0.3, -0.25) is 9.59 Å². The maximum atomic E-state index is 12.5. The van der Waals surface area contributed by atoms with Crippen molar-refractivity contribution in [3.63, 3.8) is 0 Å². The van der Waals surface area contributed by atoms with Crippen LogP contribution in [0.1, 0.15) is 66.3 Å². The third-order valence-corrected chi connectivity index (χ3v) is 5.47. The number of aliphatic hydroxyl groups is 1. The van der Waals surface area contributed by atoms with Crippen molar-refractivity contribution >= 4 is 17.6 Å². The first-order valence-corrected chi connectivity index (χ1v) is 12.4. The first-order valence-electron chi connectivity index (χ1n) is 12.4. The molecule has 7 N–H and O–H groups in total. The second kappa shape index (κ2) is 15.4. The zero-order valence-corrected chi connectivity index (χ0v) is 21.9. The van der Waals surface area contributed by atoms with Gasteiger partial charge in [0, 0.05) is 37.8 Å². The number of aromatic nitrogens is 1. The minimum absolute atomic E-state index is 0.0608. The fourth-order valence-corrected chi connectivity index (χ4v) is 3.88. The highest BCUT2D eigenvalue weighted by Gasteiger charge is 2.13. The van der Waals surface area contributed by atoms with Crippen LogP contribution >= 0.6 is 0 Å². The fraction of sp³-hybridized carbons (Fsp3) is 0.462. The Morgan fingerprint density at radius 2 is 1.95 bits per heavy atom. The molecule has 202 valence electrons. The summed E-state index contributed by atoms with van der Waals surface area (Å²) in [5, 5.41) is 19.6. The molecular weight excluding hydrogens is 474 g/mol. The minimum atomic E-state index is -0.337. The van der Waals surface area contributed by atoms with Crippen LogP contribution in [-0.2, 0) is 11.3 Å². The van der Waals surface area contributed by atoms with E-state index in [0.717, 1.165) is 10.7 Å². The van der Waals surface area contributed by atoms with Crippen molar-refractivity contribution in [2.24, 2.45) is 16.7 Å². The number of carbonyl (C=O) groups is 2. The maximum absolute atomic E-state index is 12.5.